The maximum Gasteiger partial charge on any atom is -0.0623 e. The summed E-state index contributed by atoms with van der Waals surface area (Å²) >= 11 is 4.24. The van der Waals surface area contributed by atoms with Crippen molar-refractivity contribution in [3.05, 3.63) is 36.4 Å². The van der Waals surface area contributed by atoms with Gasteiger partial charge in [0, 0.05) is 0 Å². The summed E-state index contributed by atoms with van der Waals surface area (Å²) in [6.07, 6.45) is -1.48. The van der Waals surface area contributed by atoms with Crippen LogP contribution in [0.15, 0.2) is 36.4 Å². The van der Waals surface area contributed by atoms with Crippen LogP contribution >= 0.6 is 11.9 Å². The van der Waals surface area contributed by atoms with E-state index in [-0.39, 0.29) is 29.6 Å². The third-order valence-corrected chi connectivity index (χ3v) is 0.865. The average Bonchev–Trinajstić information content (AvgIpc) is 2.09. The van der Waals surface area contributed by atoms with Gasteiger partial charge >= 0.3 is 35.7 Å². The van der Waals surface area contributed by atoms with E-state index in [2.05, 4.69) is 16.2 Å². The van der Waals surface area contributed by atoms with Crippen LogP contribution in [0.25, 0.3) is 0 Å². The summed E-state index contributed by atoms with van der Waals surface area (Å²) in [5.74, 6) is 0. The van der Waals surface area contributed by atoms with Crippen LogP contribution in [0.4, 0.5) is 4.79 Å². The van der Waals surface area contributed by atoms with Crippen LogP contribution in [0, 0.1) is 0 Å². The molecule has 0 aliphatic rings. The normalized spacial score (nSPS) is 6.75. The van der Waals surface area contributed by atoms with E-state index in [1.54, 1.807) is 0 Å². The number of benzene rings is 1. The van der Waals surface area contributed by atoms with E-state index in [0.717, 1.165) is 0 Å². The van der Waals surface area contributed by atoms with Crippen molar-refractivity contribution in [2.45, 2.75) is 0 Å². The molecule has 0 aliphatic heterocycles. The van der Waals surface area contributed by atoms with E-state index in [0.29, 0.717) is 0 Å². The molecule has 3 nitrogen and oxygen atoms in total. The average molecular weight is 199 g/mol. The molecule has 0 fully saturated rings. The quantitative estimate of drug-likeness (QED) is 0.648. The SMILES string of the molecule is O=C(O)OCl.[NaH].c1ccccc1. The molecular formula is C7H8ClNaO3. The molecule has 0 heterocycles. The summed E-state index contributed by atoms with van der Waals surface area (Å²) in [6.45, 7) is 0. The molecule has 62 valence electrons. The van der Waals surface area contributed by atoms with E-state index < -0.39 is 6.16 Å². The van der Waals surface area contributed by atoms with Gasteiger partial charge in [0.2, 0.25) is 0 Å². The van der Waals surface area contributed by atoms with Crippen LogP contribution in [-0.4, -0.2) is 40.8 Å². The van der Waals surface area contributed by atoms with Crippen molar-refractivity contribution in [2.75, 3.05) is 0 Å². The van der Waals surface area contributed by atoms with Gasteiger partial charge in [0.05, 0.1) is 0 Å². The number of hydrogen-bond donors (Lipinski definition) is 1. The Morgan fingerprint density at radius 1 is 1.08 bits per heavy atom. The molecule has 0 amide bonds. The molecule has 0 radical (unpaired) electrons. The topological polar surface area (TPSA) is 46.5 Å². The fourth-order valence-corrected chi connectivity index (χ4v) is 0.385. The van der Waals surface area contributed by atoms with Gasteiger partial charge in [-0.3, -0.25) is 0 Å². The van der Waals surface area contributed by atoms with Gasteiger partial charge in [0.1, 0.15) is 11.9 Å². The predicted molar refractivity (Wildman–Crippen MR) is 48.6 cm³/mol. The Morgan fingerprint density at radius 2 is 1.25 bits per heavy atom. The van der Waals surface area contributed by atoms with E-state index in [4.69, 9.17) is 9.90 Å². The van der Waals surface area contributed by atoms with Crippen molar-refractivity contribution in [3.8, 4) is 0 Å². The Kier molecular flexibility index (Phi) is 12.9. The van der Waals surface area contributed by atoms with Crippen molar-refractivity contribution in [1.82, 2.24) is 0 Å². The molecule has 5 heteroatoms. The molecular weight excluding hydrogens is 191 g/mol. The summed E-state index contributed by atoms with van der Waals surface area (Å²) in [6, 6.07) is 12.0. The number of carbonyl (C=O) groups is 1. The van der Waals surface area contributed by atoms with Gasteiger partial charge in [-0.1, -0.05) is 36.4 Å². The minimum atomic E-state index is -1.48. The predicted octanol–water partition coefficient (Wildman–Crippen LogP) is 1.87. The molecule has 0 aliphatic carbocycles. The fraction of sp³-hybridized carbons (Fsp3) is 0. The standard InChI is InChI=1S/C6H6.CHClO3.Na.H/c1-2-4-6-5-3-1;2-5-1(3)4;;/h1-6H;(H,3,4);;. The first-order valence-corrected chi connectivity index (χ1v) is 3.09. The van der Waals surface area contributed by atoms with Crippen molar-refractivity contribution in [1.29, 1.82) is 0 Å². The molecule has 0 bridgehead atoms. The van der Waals surface area contributed by atoms with Gasteiger partial charge in [-0.05, 0) is 0 Å². The number of halogens is 1. The van der Waals surface area contributed by atoms with Gasteiger partial charge in [0.15, 0.2) is 0 Å². The Hall–Kier alpha value is -0.220. The van der Waals surface area contributed by atoms with Crippen LogP contribution in [0.5, 0.6) is 0 Å². The van der Waals surface area contributed by atoms with Crippen LogP contribution in [0.2, 0.25) is 0 Å². The van der Waals surface area contributed by atoms with Gasteiger partial charge in [-0.2, -0.15) is 0 Å². The first-order valence-electron chi connectivity index (χ1n) is 2.79. The fourth-order valence-electron chi connectivity index (χ4n) is 0.385. The van der Waals surface area contributed by atoms with Crippen LogP contribution in [-0.2, 0) is 4.29 Å². The molecule has 0 saturated carbocycles. The minimum absolute atomic E-state index is 0. The van der Waals surface area contributed by atoms with E-state index in [9.17, 15) is 0 Å². The van der Waals surface area contributed by atoms with Gasteiger partial charge in [-0.25, -0.2) is 4.79 Å². The Balaban J connectivity index is 0. The van der Waals surface area contributed by atoms with Gasteiger partial charge < -0.3 is 9.40 Å². The second-order valence-electron chi connectivity index (χ2n) is 1.50. The zero-order valence-electron chi connectivity index (χ0n) is 5.61. The van der Waals surface area contributed by atoms with Crippen molar-refractivity contribution in [2.24, 2.45) is 0 Å². The molecule has 0 spiro atoms. The first kappa shape index (κ1) is 14.3. The third-order valence-electron chi connectivity index (χ3n) is 0.733. The second kappa shape index (κ2) is 10.8. The van der Waals surface area contributed by atoms with Gasteiger partial charge in [0.25, 0.3) is 0 Å². The maximum absolute atomic E-state index is 9.01. The van der Waals surface area contributed by atoms with Crippen molar-refractivity contribution in [3.63, 3.8) is 0 Å². The zero-order valence-corrected chi connectivity index (χ0v) is 6.36. The number of rotatable bonds is 0. The molecule has 0 saturated heterocycles. The summed E-state index contributed by atoms with van der Waals surface area (Å²) < 4.78 is 3.14. The Bertz CT molecular complexity index is 166. The first-order chi connectivity index (χ1) is 5.27. The van der Waals surface area contributed by atoms with Crippen molar-refractivity contribution < 1.29 is 14.2 Å². The van der Waals surface area contributed by atoms with E-state index in [1.165, 1.54) is 0 Å². The Labute approximate surface area is 97.8 Å². The summed E-state index contributed by atoms with van der Waals surface area (Å²) in [4.78, 5) is 9.01. The zero-order chi connectivity index (χ0) is 8.53. The number of hydrogen-bond acceptors (Lipinski definition) is 2. The summed E-state index contributed by atoms with van der Waals surface area (Å²) in [7, 11) is 0. The van der Waals surface area contributed by atoms with E-state index >= 15 is 0 Å². The molecule has 1 aromatic rings. The molecule has 0 unspecified atom stereocenters. The smallest absolute Gasteiger partial charge is 0.0623 e. The number of carboxylic acid groups (broad SMARTS) is 1. The molecule has 0 aromatic heterocycles. The van der Waals surface area contributed by atoms with Crippen LogP contribution in [0.3, 0.4) is 0 Å². The summed E-state index contributed by atoms with van der Waals surface area (Å²) in [5.41, 5.74) is 0. The molecule has 1 N–H and O–H groups in total. The molecule has 1 rings (SSSR count). The van der Waals surface area contributed by atoms with Crippen molar-refractivity contribution >= 4 is 47.6 Å². The molecule has 12 heavy (non-hydrogen) atoms. The van der Waals surface area contributed by atoms with Crippen LogP contribution in [0.1, 0.15) is 0 Å². The van der Waals surface area contributed by atoms with Crippen LogP contribution < -0.4 is 0 Å². The minimum Gasteiger partial charge on any atom is -0.0623 e. The molecule has 0 atom stereocenters. The second-order valence-corrected chi connectivity index (χ2v) is 1.65. The monoisotopic (exact) mass is 198 g/mol. The van der Waals surface area contributed by atoms with E-state index in [1.807, 2.05) is 36.4 Å². The summed E-state index contributed by atoms with van der Waals surface area (Å²) in [5, 5.41) is 7.37. The largest absolute Gasteiger partial charge is 0.0623 e. The maximum atomic E-state index is 9.01. The Morgan fingerprint density at radius 3 is 1.33 bits per heavy atom. The third kappa shape index (κ3) is 12.5. The van der Waals surface area contributed by atoms with Gasteiger partial charge in [-0.15, -0.1) is 0 Å². The molecule has 1 aromatic carbocycles.